The fourth-order valence-electron chi connectivity index (χ4n) is 3.43. The van der Waals surface area contributed by atoms with Gasteiger partial charge >= 0.3 is 5.97 Å². The summed E-state index contributed by atoms with van der Waals surface area (Å²) >= 11 is 0. The van der Waals surface area contributed by atoms with Crippen LogP contribution in [0.5, 0.6) is 0 Å². The number of hydrogen-bond acceptors (Lipinski definition) is 5. The smallest absolute Gasteiger partial charge is 0.307 e. The zero-order valence-corrected chi connectivity index (χ0v) is 19.7. The number of rotatable bonds is 8. The van der Waals surface area contributed by atoms with E-state index in [1.807, 2.05) is 39.0 Å². The molecular formula is C26H27NO5S. The Balaban J connectivity index is 1.73. The molecule has 0 spiro atoms. The van der Waals surface area contributed by atoms with Gasteiger partial charge in [-0.15, -0.1) is 0 Å². The van der Waals surface area contributed by atoms with Gasteiger partial charge in [-0.2, -0.15) is 0 Å². The van der Waals surface area contributed by atoms with Crippen LogP contribution < -0.4 is 5.32 Å². The molecule has 3 aromatic carbocycles. The van der Waals surface area contributed by atoms with E-state index < -0.39 is 33.6 Å². The van der Waals surface area contributed by atoms with Crippen LogP contribution in [0.2, 0.25) is 0 Å². The zero-order chi connectivity index (χ0) is 24.0. The van der Waals surface area contributed by atoms with Crippen LogP contribution in [0.3, 0.4) is 0 Å². The molecular weight excluding hydrogens is 438 g/mol. The Morgan fingerprint density at radius 1 is 0.848 bits per heavy atom. The molecule has 1 amide bonds. The first-order valence-corrected chi connectivity index (χ1v) is 12.2. The Morgan fingerprint density at radius 3 is 2.06 bits per heavy atom. The zero-order valence-electron chi connectivity index (χ0n) is 18.9. The van der Waals surface area contributed by atoms with Crippen LogP contribution in [-0.4, -0.2) is 26.0 Å². The van der Waals surface area contributed by atoms with Crippen molar-refractivity contribution in [3.05, 3.63) is 95.1 Å². The summed E-state index contributed by atoms with van der Waals surface area (Å²) < 4.78 is 30.6. The van der Waals surface area contributed by atoms with Gasteiger partial charge in [0.25, 0.3) is 5.91 Å². The molecule has 0 aliphatic heterocycles. The summed E-state index contributed by atoms with van der Waals surface area (Å²) in [6.45, 7) is 5.71. The molecule has 0 fully saturated rings. The second kappa shape index (κ2) is 10.4. The van der Waals surface area contributed by atoms with Gasteiger partial charge in [-0.25, -0.2) is 8.42 Å². The number of carbonyl (C=O) groups is 2. The number of aryl methyl sites for hydroxylation is 3. The highest BCUT2D eigenvalue weighted by Gasteiger charge is 2.26. The molecule has 1 N–H and O–H groups in total. The van der Waals surface area contributed by atoms with Crippen molar-refractivity contribution < 1.29 is 22.7 Å². The quantitative estimate of drug-likeness (QED) is 0.487. The Hall–Kier alpha value is -3.45. The lowest BCUT2D eigenvalue weighted by Crippen LogP contribution is -2.26. The van der Waals surface area contributed by atoms with Crippen LogP contribution in [0.1, 0.15) is 34.8 Å². The van der Waals surface area contributed by atoms with Crippen LogP contribution in [0.4, 0.5) is 5.69 Å². The summed E-state index contributed by atoms with van der Waals surface area (Å²) in [5.41, 5.74) is 4.00. The van der Waals surface area contributed by atoms with Crippen LogP contribution in [0.15, 0.2) is 77.7 Å². The summed E-state index contributed by atoms with van der Waals surface area (Å²) in [7, 11) is -3.65. The third-order valence-corrected chi connectivity index (χ3v) is 6.77. The van der Waals surface area contributed by atoms with Crippen molar-refractivity contribution in [1.29, 1.82) is 0 Å². The summed E-state index contributed by atoms with van der Waals surface area (Å²) in [6, 6.07) is 20.7. The molecule has 0 aliphatic carbocycles. The third-order valence-electron chi connectivity index (χ3n) is 5.03. The molecule has 33 heavy (non-hydrogen) atoms. The second-order valence-electron chi connectivity index (χ2n) is 8.03. The summed E-state index contributed by atoms with van der Waals surface area (Å²) in [5.74, 6) is -1.69. The van der Waals surface area contributed by atoms with Crippen molar-refractivity contribution in [2.24, 2.45) is 0 Å². The standard InChI is InChI=1S/C26H27NO5S/c1-18-9-11-23(12-10-18)33(30,31)14-13-24(28)32-25(21-7-5-4-6-8-21)26(29)27-22-16-19(2)15-20(3)17-22/h4-12,15-17,25H,13-14H2,1-3H3,(H,27,29). The normalized spacial score (nSPS) is 12.1. The minimum absolute atomic E-state index is 0.146. The molecule has 0 aromatic heterocycles. The van der Waals surface area contributed by atoms with E-state index in [0.717, 1.165) is 16.7 Å². The van der Waals surface area contributed by atoms with Crippen LogP contribution in [0, 0.1) is 20.8 Å². The van der Waals surface area contributed by atoms with Crippen molar-refractivity contribution in [1.82, 2.24) is 0 Å². The van der Waals surface area contributed by atoms with Gasteiger partial charge in [0, 0.05) is 11.3 Å². The summed E-state index contributed by atoms with van der Waals surface area (Å²) in [6.07, 6.45) is -1.57. The lowest BCUT2D eigenvalue weighted by Gasteiger charge is -2.18. The number of anilines is 1. The number of amides is 1. The van der Waals surface area contributed by atoms with E-state index in [2.05, 4.69) is 5.32 Å². The Bertz CT molecular complexity index is 1220. The highest BCUT2D eigenvalue weighted by atomic mass is 32.2. The predicted molar refractivity (Wildman–Crippen MR) is 128 cm³/mol. The minimum atomic E-state index is -3.65. The summed E-state index contributed by atoms with van der Waals surface area (Å²) in [4.78, 5) is 25.7. The predicted octanol–water partition coefficient (Wildman–Crippen LogP) is 4.70. The molecule has 0 saturated carbocycles. The second-order valence-corrected chi connectivity index (χ2v) is 10.1. The maximum atomic E-state index is 13.0. The maximum absolute atomic E-state index is 13.0. The average Bonchev–Trinajstić information content (AvgIpc) is 2.76. The number of ether oxygens (including phenoxy) is 1. The molecule has 6 nitrogen and oxygen atoms in total. The fraction of sp³-hybridized carbons (Fsp3) is 0.231. The molecule has 0 heterocycles. The molecule has 3 rings (SSSR count). The van der Waals surface area contributed by atoms with Gasteiger partial charge in [0.15, 0.2) is 9.84 Å². The molecule has 7 heteroatoms. The lowest BCUT2D eigenvalue weighted by molar-refractivity contribution is -0.154. The number of hydrogen-bond donors (Lipinski definition) is 1. The van der Waals surface area contributed by atoms with E-state index in [-0.39, 0.29) is 11.3 Å². The number of nitrogens with one attached hydrogen (secondary N) is 1. The molecule has 172 valence electrons. The highest BCUT2D eigenvalue weighted by molar-refractivity contribution is 7.91. The molecule has 0 saturated heterocycles. The summed E-state index contributed by atoms with van der Waals surface area (Å²) in [5, 5.41) is 2.80. The fourth-order valence-corrected chi connectivity index (χ4v) is 4.65. The van der Waals surface area contributed by atoms with Crippen molar-refractivity contribution in [3.8, 4) is 0 Å². The first kappa shape index (κ1) is 24.2. The molecule has 3 aromatic rings. The molecule has 1 atom stereocenters. The van der Waals surface area contributed by atoms with E-state index >= 15 is 0 Å². The van der Waals surface area contributed by atoms with Gasteiger partial charge in [0.05, 0.1) is 17.1 Å². The van der Waals surface area contributed by atoms with Gasteiger partial charge < -0.3 is 10.1 Å². The number of sulfone groups is 1. The molecule has 0 radical (unpaired) electrons. The van der Waals surface area contributed by atoms with Crippen molar-refractivity contribution in [2.75, 3.05) is 11.1 Å². The van der Waals surface area contributed by atoms with E-state index in [9.17, 15) is 18.0 Å². The Morgan fingerprint density at radius 2 is 1.45 bits per heavy atom. The van der Waals surface area contributed by atoms with E-state index in [0.29, 0.717) is 11.3 Å². The van der Waals surface area contributed by atoms with E-state index in [1.54, 1.807) is 42.5 Å². The monoisotopic (exact) mass is 465 g/mol. The average molecular weight is 466 g/mol. The van der Waals surface area contributed by atoms with E-state index in [4.69, 9.17) is 4.74 Å². The number of carbonyl (C=O) groups excluding carboxylic acids is 2. The SMILES string of the molecule is Cc1ccc(S(=O)(=O)CCC(=O)OC(C(=O)Nc2cc(C)cc(C)c2)c2ccccc2)cc1. The Labute approximate surface area is 194 Å². The number of esters is 1. The topological polar surface area (TPSA) is 89.5 Å². The third kappa shape index (κ3) is 6.76. The first-order valence-electron chi connectivity index (χ1n) is 10.6. The molecule has 1 unspecified atom stereocenters. The largest absolute Gasteiger partial charge is 0.447 e. The van der Waals surface area contributed by atoms with Gasteiger partial charge in [-0.05, 0) is 56.2 Å². The van der Waals surface area contributed by atoms with Crippen molar-refractivity contribution in [2.45, 2.75) is 38.2 Å². The van der Waals surface area contributed by atoms with Gasteiger partial charge in [0.2, 0.25) is 6.10 Å². The van der Waals surface area contributed by atoms with Gasteiger partial charge in [-0.3, -0.25) is 9.59 Å². The van der Waals surface area contributed by atoms with Crippen molar-refractivity contribution >= 4 is 27.4 Å². The van der Waals surface area contributed by atoms with Gasteiger partial charge in [0.1, 0.15) is 0 Å². The van der Waals surface area contributed by atoms with Crippen molar-refractivity contribution in [3.63, 3.8) is 0 Å². The van der Waals surface area contributed by atoms with Crippen LogP contribution in [-0.2, 0) is 24.2 Å². The highest BCUT2D eigenvalue weighted by Crippen LogP contribution is 2.22. The molecule has 0 bridgehead atoms. The molecule has 0 aliphatic rings. The minimum Gasteiger partial charge on any atom is -0.447 e. The Kier molecular flexibility index (Phi) is 7.66. The lowest BCUT2D eigenvalue weighted by atomic mass is 10.1. The van der Waals surface area contributed by atoms with Gasteiger partial charge in [-0.1, -0.05) is 54.1 Å². The van der Waals surface area contributed by atoms with Crippen LogP contribution >= 0.6 is 0 Å². The maximum Gasteiger partial charge on any atom is 0.307 e. The van der Waals surface area contributed by atoms with Crippen LogP contribution in [0.25, 0.3) is 0 Å². The first-order chi connectivity index (χ1) is 15.6. The number of benzene rings is 3. The van der Waals surface area contributed by atoms with E-state index in [1.165, 1.54) is 12.1 Å².